The van der Waals surface area contributed by atoms with Gasteiger partial charge in [-0.25, -0.2) is 0 Å². The van der Waals surface area contributed by atoms with Crippen molar-refractivity contribution >= 4 is 5.78 Å². The number of hydrogen-bond acceptors (Lipinski definition) is 4. The molecule has 0 radical (unpaired) electrons. The molecule has 4 heteroatoms. The zero-order valence-corrected chi connectivity index (χ0v) is 12.1. The fraction of sp³-hybridized carbons (Fsp3) is 0.588. The third kappa shape index (κ3) is 2.63. The van der Waals surface area contributed by atoms with Crippen molar-refractivity contribution in [1.29, 1.82) is 0 Å². The molecule has 0 aromatic heterocycles. The minimum atomic E-state index is -0.260. The van der Waals surface area contributed by atoms with Gasteiger partial charge >= 0.3 is 0 Å². The molecule has 2 bridgehead atoms. The Kier molecular flexibility index (Phi) is 3.53. The molecule has 0 aliphatic carbocycles. The van der Waals surface area contributed by atoms with Gasteiger partial charge < -0.3 is 14.8 Å². The van der Waals surface area contributed by atoms with Crippen LogP contribution in [0.5, 0.6) is 0 Å². The lowest BCUT2D eigenvalue weighted by Crippen LogP contribution is -2.40. The van der Waals surface area contributed by atoms with Gasteiger partial charge in [-0.1, -0.05) is 24.3 Å². The van der Waals surface area contributed by atoms with Crippen LogP contribution in [0.1, 0.15) is 47.9 Å². The van der Waals surface area contributed by atoms with Gasteiger partial charge in [0.2, 0.25) is 0 Å². The van der Waals surface area contributed by atoms with E-state index in [1.54, 1.807) is 0 Å². The van der Waals surface area contributed by atoms with Crippen molar-refractivity contribution in [1.82, 2.24) is 5.32 Å². The number of carbonyl (C=O) groups is 1. The average molecular weight is 287 g/mol. The van der Waals surface area contributed by atoms with Crippen LogP contribution in [0.25, 0.3) is 0 Å². The third-order valence-electron chi connectivity index (χ3n) is 4.93. The Bertz CT molecular complexity index is 509. The first-order valence-electron chi connectivity index (χ1n) is 7.93. The number of ether oxygens (including phenoxy) is 2. The summed E-state index contributed by atoms with van der Waals surface area (Å²) in [5.74, 6) is 0.488. The summed E-state index contributed by atoms with van der Waals surface area (Å²) in [6, 6.07) is 8.87. The first kappa shape index (κ1) is 13.4. The van der Waals surface area contributed by atoms with E-state index >= 15 is 0 Å². The van der Waals surface area contributed by atoms with Crippen LogP contribution in [0.3, 0.4) is 0 Å². The summed E-state index contributed by atoms with van der Waals surface area (Å²) >= 11 is 0. The number of benzene rings is 1. The van der Waals surface area contributed by atoms with Crippen LogP contribution in [0.2, 0.25) is 0 Å². The van der Waals surface area contributed by atoms with Gasteiger partial charge in [0.05, 0.1) is 13.2 Å². The van der Waals surface area contributed by atoms with Crippen LogP contribution in [0.15, 0.2) is 24.3 Å². The highest BCUT2D eigenvalue weighted by Crippen LogP contribution is 2.33. The molecule has 4 nitrogen and oxygen atoms in total. The number of rotatable bonds is 3. The SMILES string of the molecule is O=C(c1ccc(C2OCCO2)cc1)C1CC2CCC(C1)N2. The van der Waals surface area contributed by atoms with Crippen LogP contribution in [-0.2, 0) is 9.47 Å². The van der Waals surface area contributed by atoms with Crippen molar-refractivity contribution in [2.75, 3.05) is 13.2 Å². The van der Waals surface area contributed by atoms with Gasteiger partial charge in [0.1, 0.15) is 0 Å². The Labute approximate surface area is 124 Å². The molecule has 3 aliphatic heterocycles. The van der Waals surface area contributed by atoms with E-state index in [0.717, 1.165) is 24.0 Å². The highest BCUT2D eigenvalue weighted by atomic mass is 16.7. The molecule has 21 heavy (non-hydrogen) atoms. The van der Waals surface area contributed by atoms with E-state index in [4.69, 9.17) is 9.47 Å². The van der Waals surface area contributed by atoms with E-state index in [1.165, 1.54) is 12.8 Å². The second kappa shape index (κ2) is 5.52. The van der Waals surface area contributed by atoms with Gasteiger partial charge in [-0.15, -0.1) is 0 Å². The summed E-state index contributed by atoms with van der Waals surface area (Å²) in [5, 5.41) is 3.59. The summed E-state index contributed by atoms with van der Waals surface area (Å²) in [7, 11) is 0. The van der Waals surface area contributed by atoms with Gasteiger partial charge in [-0.05, 0) is 25.7 Å². The molecule has 0 saturated carbocycles. The van der Waals surface area contributed by atoms with Crippen LogP contribution in [0, 0.1) is 5.92 Å². The maximum atomic E-state index is 12.7. The molecular formula is C17H21NO3. The van der Waals surface area contributed by atoms with Crippen LogP contribution >= 0.6 is 0 Å². The smallest absolute Gasteiger partial charge is 0.184 e. The summed E-state index contributed by atoms with van der Waals surface area (Å²) in [6.07, 6.45) is 4.18. The zero-order valence-electron chi connectivity index (χ0n) is 12.1. The third-order valence-corrected chi connectivity index (χ3v) is 4.93. The van der Waals surface area contributed by atoms with E-state index in [9.17, 15) is 4.79 Å². The Balaban J connectivity index is 1.46. The minimum absolute atomic E-state index is 0.189. The predicted octanol–water partition coefficient (Wildman–Crippen LogP) is 2.45. The second-order valence-electron chi connectivity index (χ2n) is 6.37. The first-order valence-corrected chi connectivity index (χ1v) is 7.93. The van der Waals surface area contributed by atoms with Crippen LogP contribution in [-0.4, -0.2) is 31.1 Å². The van der Waals surface area contributed by atoms with Crippen LogP contribution < -0.4 is 5.32 Å². The standard InChI is InChI=1S/C17H21NO3/c19-16(13-9-14-5-6-15(10-13)18-14)11-1-3-12(4-2-11)17-20-7-8-21-17/h1-4,13-15,17-18H,5-10H2. The Hall–Kier alpha value is -1.23. The highest BCUT2D eigenvalue weighted by molar-refractivity contribution is 5.98. The molecule has 1 aromatic carbocycles. The van der Waals surface area contributed by atoms with E-state index in [2.05, 4.69) is 5.32 Å². The quantitative estimate of drug-likeness (QED) is 0.868. The maximum absolute atomic E-state index is 12.7. The summed E-state index contributed by atoms with van der Waals surface area (Å²) < 4.78 is 11.0. The monoisotopic (exact) mass is 287 g/mol. The van der Waals surface area contributed by atoms with Gasteiger partial charge in [-0.2, -0.15) is 0 Å². The maximum Gasteiger partial charge on any atom is 0.184 e. The van der Waals surface area contributed by atoms with E-state index in [1.807, 2.05) is 24.3 Å². The number of carbonyl (C=O) groups excluding carboxylic acids is 1. The van der Waals surface area contributed by atoms with Crippen molar-refractivity contribution in [2.45, 2.75) is 44.1 Å². The molecule has 3 saturated heterocycles. The number of hydrogen-bond donors (Lipinski definition) is 1. The fourth-order valence-electron chi connectivity index (χ4n) is 3.86. The molecule has 112 valence electrons. The van der Waals surface area contributed by atoms with Gasteiger partial charge in [0, 0.05) is 29.1 Å². The highest BCUT2D eigenvalue weighted by Gasteiger charge is 2.36. The van der Waals surface area contributed by atoms with Crippen LogP contribution in [0.4, 0.5) is 0 Å². The molecule has 1 N–H and O–H groups in total. The van der Waals surface area contributed by atoms with Crippen molar-refractivity contribution in [3.8, 4) is 0 Å². The number of fused-ring (bicyclic) bond motifs is 2. The first-order chi connectivity index (χ1) is 10.3. The Morgan fingerprint density at radius 1 is 1.00 bits per heavy atom. The van der Waals surface area contributed by atoms with Crippen molar-refractivity contribution in [3.63, 3.8) is 0 Å². The minimum Gasteiger partial charge on any atom is -0.346 e. The number of ketones is 1. The molecule has 3 heterocycles. The zero-order chi connectivity index (χ0) is 14.2. The number of piperidine rings is 1. The number of Topliss-reactive ketones (excluding diaryl/α,β-unsaturated/α-hetero) is 1. The van der Waals surface area contributed by atoms with Crippen molar-refractivity contribution < 1.29 is 14.3 Å². The lowest BCUT2D eigenvalue weighted by Gasteiger charge is -2.28. The van der Waals surface area contributed by atoms with Crippen molar-refractivity contribution in [3.05, 3.63) is 35.4 Å². The summed E-state index contributed by atoms with van der Waals surface area (Å²) in [5.41, 5.74) is 1.82. The molecule has 2 atom stereocenters. The van der Waals surface area contributed by atoms with E-state index in [0.29, 0.717) is 31.1 Å². The van der Waals surface area contributed by atoms with Gasteiger partial charge in [-0.3, -0.25) is 4.79 Å². The molecule has 4 rings (SSSR count). The molecule has 0 amide bonds. The summed E-state index contributed by atoms with van der Waals surface area (Å²) in [6.45, 7) is 1.28. The fourth-order valence-corrected chi connectivity index (χ4v) is 3.86. The predicted molar refractivity (Wildman–Crippen MR) is 78.1 cm³/mol. The Morgan fingerprint density at radius 3 is 2.24 bits per heavy atom. The molecule has 0 spiro atoms. The lowest BCUT2D eigenvalue weighted by atomic mass is 9.86. The topological polar surface area (TPSA) is 47.6 Å². The normalized spacial score (nSPS) is 32.5. The average Bonchev–Trinajstić information content (AvgIpc) is 3.17. The molecular weight excluding hydrogens is 266 g/mol. The number of nitrogens with one attached hydrogen (secondary N) is 1. The van der Waals surface area contributed by atoms with E-state index in [-0.39, 0.29) is 12.2 Å². The van der Waals surface area contributed by atoms with E-state index < -0.39 is 0 Å². The summed E-state index contributed by atoms with van der Waals surface area (Å²) in [4.78, 5) is 12.7. The van der Waals surface area contributed by atoms with Gasteiger partial charge in [0.25, 0.3) is 0 Å². The molecule has 2 unspecified atom stereocenters. The molecule has 3 fully saturated rings. The lowest BCUT2D eigenvalue weighted by molar-refractivity contribution is -0.0441. The molecule has 1 aromatic rings. The van der Waals surface area contributed by atoms with Crippen molar-refractivity contribution in [2.24, 2.45) is 5.92 Å². The van der Waals surface area contributed by atoms with Gasteiger partial charge in [0.15, 0.2) is 12.1 Å². The Morgan fingerprint density at radius 2 is 1.62 bits per heavy atom. The molecule has 3 aliphatic rings. The second-order valence-corrected chi connectivity index (χ2v) is 6.37. The largest absolute Gasteiger partial charge is 0.346 e.